The normalized spacial score (nSPS) is 22.0. The molecule has 0 saturated carbocycles. The van der Waals surface area contributed by atoms with E-state index in [4.69, 9.17) is 9.47 Å². The van der Waals surface area contributed by atoms with Crippen LogP contribution in [-0.4, -0.2) is 66.1 Å². The number of hydrogen-bond acceptors (Lipinski definition) is 5. The van der Waals surface area contributed by atoms with Crippen molar-refractivity contribution >= 4 is 11.8 Å². The first-order chi connectivity index (χ1) is 14.6. The predicted octanol–water partition coefficient (Wildman–Crippen LogP) is 2.22. The van der Waals surface area contributed by atoms with Gasteiger partial charge in [0.05, 0.1) is 19.6 Å². The third kappa shape index (κ3) is 3.89. The zero-order valence-electron chi connectivity index (χ0n) is 17.4. The molecule has 2 fully saturated rings. The summed E-state index contributed by atoms with van der Waals surface area (Å²) < 4.78 is 10.7. The van der Waals surface area contributed by atoms with Gasteiger partial charge in [-0.05, 0) is 48.2 Å². The Hall–Kier alpha value is -2.93. The molecule has 0 N–H and O–H groups in total. The highest BCUT2D eigenvalue weighted by molar-refractivity contribution is 5.89. The van der Waals surface area contributed by atoms with Crippen molar-refractivity contribution in [3.8, 4) is 5.75 Å². The third-order valence-electron chi connectivity index (χ3n) is 6.09. The number of likely N-dealkylation sites (tertiary alicyclic amines) is 2. The van der Waals surface area contributed by atoms with Crippen LogP contribution in [0.3, 0.4) is 0 Å². The molecule has 2 atom stereocenters. The van der Waals surface area contributed by atoms with Gasteiger partial charge in [-0.2, -0.15) is 0 Å². The van der Waals surface area contributed by atoms with Crippen molar-refractivity contribution in [2.24, 2.45) is 0 Å². The molecule has 2 aromatic rings. The summed E-state index contributed by atoms with van der Waals surface area (Å²) in [4.78, 5) is 33.3. The van der Waals surface area contributed by atoms with Gasteiger partial charge in [0.1, 0.15) is 5.75 Å². The number of carbonyl (C=O) groups is 2. The van der Waals surface area contributed by atoms with Crippen LogP contribution in [0.4, 0.5) is 0 Å². The Morgan fingerprint density at radius 1 is 1.13 bits per heavy atom. The monoisotopic (exact) mass is 409 g/mol. The molecule has 0 spiro atoms. The Labute approximate surface area is 176 Å². The Balaban J connectivity index is 1.37. The van der Waals surface area contributed by atoms with Crippen molar-refractivity contribution in [1.29, 1.82) is 0 Å². The summed E-state index contributed by atoms with van der Waals surface area (Å²) in [5.74, 6) is 0.891. The lowest BCUT2D eigenvalue weighted by Crippen LogP contribution is -2.64. The fourth-order valence-electron chi connectivity index (χ4n) is 4.48. The number of piperidine rings is 1. The van der Waals surface area contributed by atoms with Gasteiger partial charge < -0.3 is 19.3 Å². The second-order valence-electron chi connectivity index (χ2n) is 7.77. The van der Waals surface area contributed by atoms with E-state index in [1.807, 2.05) is 46.2 Å². The number of nitrogens with zero attached hydrogens (tertiary/aromatic N) is 3. The van der Waals surface area contributed by atoms with Crippen LogP contribution >= 0.6 is 0 Å². The van der Waals surface area contributed by atoms with Gasteiger partial charge >= 0.3 is 0 Å². The minimum absolute atomic E-state index is 0.0282. The van der Waals surface area contributed by atoms with Crippen LogP contribution < -0.4 is 4.74 Å². The minimum atomic E-state index is -0.444. The molecule has 4 rings (SSSR count). The standard InChI is InChI=1S/C23H27N3O4/c1-29-19-5-3-4-16(14-19)15-20(27)25-12-8-18(9-13-25)26-21(22(30-2)23(26)28)17-6-10-24-11-7-17/h3-7,10-11,14,18,21-22H,8-9,12-13,15H2,1-2H3/t21-,22+/m0/s1. The van der Waals surface area contributed by atoms with Crippen LogP contribution in [0, 0.1) is 0 Å². The zero-order chi connectivity index (χ0) is 21.1. The van der Waals surface area contributed by atoms with Gasteiger partial charge in [0, 0.05) is 38.6 Å². The first kappa shape index (κ1) is 20.3. The van der Waals surface area contributed by atoms with Crippen molar-refractivity contribution in [3.05, 3.63) is 59.9 Å². The van der Waals surface area contributed by atoms with E-state index >= 15 is 0 Å². The van der Waals surface area contributed by atoms with Crippen LogP contribution in [0.5, 0.6) is 5.75 Å². The highest BCUT2D eigenvalue weighted by atomic mass is 16.5. The lowest BCUT2D eigenvalue weighted by molar-refractivity contribution is -0.178. The Morgan fingerprint density at radius 2 is 1.87 bits per heavy atom. The molecule has 3 heterocycles. The predicted molar refractivity (Wildman–Crippen MR) is 111 cm³/mol. The van der Waals surface area contributed by atoms with Gasteiger partial charge in [0.2, 0.25) is 5.91 Å². The zero-order valence-corrected chi connectivity index (χ0v) is 17.4. The van der Waals surface area contributed by atoms with Gasteiger partial charge in [-0.3, -0.25) is 14.6 Å². The number of benzene rings is 1. The number of β-lactam (4-membered cyclic amide) rings is 1. The Kier molecular flexibility index (Phi) is 5.99. The third-order valence-corrected chi connectivity index (χ3v) is 6.09. The summed E-state index contributed by atoms with van der Waals surface area (Å²) in [5, 5.41) is 0. The molecule has 2 saturated heterocycles. The summed E-state index contributed by atoms with van der Waals surface area (Å²) in [6.45, 7) is 1.30. The van der Waals surface area contributed by atoms with Gasteiger partial charge in [0.25, 0.3) is 5.91 Å². The summed E-state index contributed by atoms with van der Waals surface area (Å²) >= 11 is 0. The van der Waals surface area contributed by atoms with Crippen molar-refractivity contribution in [2.45, 2.75) is 37.5 Å². The van der Waals surface area contributed by atoms with Gasteiger partial charge in [0.15, 0.2) is 6.10 Å². The maximum atomic E-state index is 12.8. The topological polar surface area (TPSA) is 72.0 Å². The first-order valence-electron chi connectivity index (χ1n) is 10.3. The van der Waals surface area contributed by atoms with Crippen molar-refractivity contribution in [1.82, 2.24) is 14.8 Å². The summed E-state index contributed by atoms with van der Waals surface area (Å²) in [6, 6.07) is 11.5. The molecule has 0 radical (unpaired) electrons. The largest absolute Gasteiger partial charge is 0.497 e. The molecule has 158 valence electrons. The second kappa shape index (κ2) is 8.83. The quantitative estimate of drug-likeness (QED) is 0.684. The molecule has 0 unspecified atom stereocenters. The van der Waals surface area contributed by atoms with Crippen LogP contribution in [-0.2, 0) is 20.7 Å². The number of ether oxygens (including phenoxy) is 2. The summed E-state index contributed by atoms with van der Waals surface area (Å²) in [7, 11) is 3.20. The number of methoxy groups -OCH3 is 2. The molecule has 0 aliphatic carbocycles. The molecule has 7 nitrogen and oxygen atoms in total. The number of hydrogen-bond donors (Lipinski definition) is 0. The van der Waals surface area contributed by atoms with Crippen molar-refractivity contribution < 1.29 is 19.1 Å². The molecule has 30 heavy (non-hydrogen) atoms. The average Bonchev–Trinajstić information content (AvgIpc) is 2.78. The highest BCUT2D eigenvalue weighted by Crippen LogP contribution is 2.40. The maximum Gasteiger partial charge on any atom is 0.255 e. The van der Waals surface area contributed by atoms with Crippen LogP contribution in [0.2, 0.25) is 0 Å². The number of aromatic nitrogens is 1. The molecule has 2 aliphatic heterocycles. The van der Waals surface area contributed by atoms with E-state index in [9.17, 15) is 9.59 Å². The molecule has 2 aliphatic rings. The van der Waals surface area contributed by atoms with E-state index in [2.05, 4.69) is 4.98 Å². The van der Waals surface area contributed by atoms with Gasteiger partial charge in [-0.1, -0.05) is 12.1 Å². The highest BCUT2D eigenvalue weighted by Gasteiger charge is 2.51. The molecule has 0 bridgehead atoms. The fraction of sp³-hybridized carbons (Fsp3) is 0.435. The van der Waals surface area contributed by atoms with Crippen molar-refractivity contribution in [2.75, 3.05) is 27.3 Å². The molecule has 2 amide bonds. The summed E-state index contributed by atoms with van der Waals surface area (Å²) in [5.41, 5.74) is 1.98. The molecular weight excluding hydrogens is 382 g/mol. The van der Waals surface area contributed by atoms with Crippen LogP contribution in [0.25, 0.3) is 0 Å². The number of pyridine rings is 1. The molecular formula is C23H27N3O4. The molecule has 1 aromatic heterocycles. The Morgan fingerprint density at radius 3 is 2.53 bits per heavy atom. The summed E-state index contributed by atoms with van der Waals surface area (Å²) in [6.07, 6.45) is 4.93. The SMILES string of the molecule is COc1cccc(CC(=O)N2CCC(N3C(=O)[C@H](OC)[C@@H]3c3ccncc3)CC2)c1. The lowest BCUT2D eigenvalue weighted by atomic mass is 9.86. The van der Waals surface area contributed by atoms with Gasteiger partial charge in [-0.25, -0.2) is 0 Å². The first-order valence-corrected chi connectivity index (χ1v) is 10.3. The number of amides is 2. The van der Waals surface area contributed by atoms with Crippen LogP contribution in [0.1, 0.15) is 30.0 Å². The average molecular weight is 409 g/mol. The Bertz CT molecular complexity index is 896. The van der Waals surface area contributed by atoms with Crippen molar-refractivity contribution in [3.63, 3.8) is 0 Å². The smallest absolute Gasteiger partial charge is 0.255 e. The molecule has 1 aromatic carbocycles. The minimum Gasteiger partial charge on any atom is -0.497 e. The number of rotatable bonds is 6. The van der Waals surface area contributed by atoms with E-state index in [0.717, 1.165) is 29.7 Å². The van der Waals surface area contributed by atoms with E-state index in [1.54, 1.807) is 26.6 Å². The van der Waals surface area contributed by atoms with E-state index < -0.39 is 6.10 Å². The van der Waals surface area contributed by atoms with Crippen LogP contribution in [0.15, 0.2) is 48.8 Å². The molecule has 7 heteroatoms. The van der Waals surface area contributed by atoms with E-state index in [-0.39, 0.29) is 23.9 Å². The second-order valence-corrected chi connectivity index (χ2v) is 7.77. The van der Waals surface area contributed by atoms with Gasteiger partial charge in [-0.15, -0.1) is 0 Å². The maximum absolute atomic E-state index is 12.8. The lowest BCUT2D eigenvalue weighted by Gasteiger charge is -2.52. The van der Waals surface area contributed by atoms with E-state index in [1.165, 1.54) is 0 Å². The van der Waals surface area contributed by atoms with E-state index in [0.29, 0.717) is 19.5 Å². The number of carbonyl (C=O) groups excluding carboxylic acids is 2. The fourth-order valence-corrected chi connectivity index (χ4v) is 4.48.